The highest BCUT2D eigenvalue weighted by Crippen LogP contribution is 2.30. The van der Waals surface area contributed by atoms with Gasteiger partial charge in [-0.25, -0.2) is 4.98 Å². The smallest absolute Gasteiger partial charge is 0.223 e. The van der Waals surface area contributed by atoms with Crippen molar-refractivity contribution in [2.45, 2.75) is 53.0 Å². The summed E-state index contributed by atoms with van der Waals surface area (Å²) < 4.78 is 7.59. The van der Waals surface area contributed by atoms with Gasteiger partial charge in [0.15, 0.2) is 0 Å². The molecular weight excluding hydrogens is 362 g/mol. The van der Waals surface area contributed by atoms with Crippen molar-refractivity contribution in [1.29, 1.82) is 0 Å². The number of aryl methyl sites for hydroxylation is 2. The van der Waals surface area contributed by atoms with Gasteiger partial charge < -0.3 is 15.0 Å². The summed E-state index contributed by atoms with van der Waals surface area (Å²) in [4.78, 5) is 13.2. The molecule has 27 heavy (non-hydrogen) atoms. The van der Waals surface area contributed by atoms with Crippen molar-refractivity contribution < 1.29 is 4.74 Å². The van der Waals surface area contributed by atoms with Gasteiger partial charge in [-0.3, -0.25) is 4.98 Å². The Labute approximate surface area is 164 Å². The minimum absolute atomic E-state index is 0.179. The van der Waals surface area contributed by atoms with Crippen molar-refractivity contribution in [3.05, 3.63) is 39.9 Å². The first-order valence-electron chi connectivity index (χ1n) is 9.26. The second-order valence-electron chi connectivity index (χ2n) is 6.86. The molecule has 0 aliphatic carbocycles. The summed E-state index contributed by atoms with van der Waals surface area (Å²) in [6.07, 6.45) is 8.33. The fourth-order valence-electron chi connectivity index (χ4n) is 3.50. The van der Waals surface area contributed by atoms with Crippen LogP contribution in [0.3, 0.4) is 0 Å². The van der Waals surface area contributed by atoms with E-state index in [4.69, 9.17) is 22.1 Å². The molecule has 144 valence electrons. The van der Waals surface area contributed by atoms with Gasteiger partial charge in [0.05, 0.1) is 24.7 Å². The predicted molar refractivity (Wildman–Crippen MR) is 110 cm³/mol. The van der Waals surface area contributed by atoms with Gasteiger partial charge in [-0.2, -0.15) is 4.98 Å². The zero-order valence-electron chi connectivity index (χ0n) is 16.3. The van der Waals surface area contributed by atoms with Crippen molar-refractivity contribution >= 4 is 28.6 Å². The van der Waals surface area contributed by atoms with Crippen LogP contribution in [-0.4, -0.2) is 26.6 Å². The molecule has 3 aromatic heterocycles. The maximum atomic E-state index is 6.42. The lowest BCUT2D eigenvalue weighted by Gasteiger charge is -2.13. The lowest BCUT2D eigenvalue weighted by molar-refractivity contribution is 0.406. The molecule has 3 heterocycles. The number of rotatable bonds is 7. The van der Waals surface area contributed by atoms with E-state index in [2.05, 4.69) is 32.6 Å². The Hall–Kier alpha value is -2.34. The number of nitrogen functional groups attached to an aromatic ring is 1. The van der Waals surface area contributed by atoms with Gasteiger partial charge in [0.1, 0.15) is 16.5 Å². The van der Waals surface area contributed by atoms with E-state index >= 15 is 0 Å². The monoisotopic (exact) mass is 387 g/mol. The fraction of sp³-hybridized carbons (Fsp3) is 0.450. The molecule has 7 heteroatoms. The number of hydrogen-bond donors (Lipinski definition) is 1. The number of nitrogens with zero attached hydrogens (tertiary/aromatic N) is 4. The lowest BCUT2D eigenvalue weighted by atomic mass is 10.1. The van der Waals surface area contributed by atoms with Crippen LogP contribution in [0.15, 0.2) is 12.4 Å². The number of halogens is 1. The van der Waals surface area contributed by atoms with E-state index in [0.29, 0.717) is 11.7 Å². The zero-order chi connectivity index (χ0) is 19.6. The van der Waals surface area contributed by atoms with Crippen molar-refractivity contribution in [3.8, 4) is 5.75 Å². The van der Waals surface area contributed by atoms with Crippen LogP contribution in [0.25, 0.3) is 11.0 Å². The largest absolute Gasteiger partial charge is 0.496 e. The van der Waals surface area contributed by atoms with Crippen LogP contribution in [0.1, 0.15) is 48.6 Å². The Kier molecular flexibility index (Phi) is 5.85. The molecule has 0 atom stereocenters. The van der Waals surface area contributed by atoms with E-state index in [1.54, 1.807) is 7.11 Å². The van der Waals surface area contributed by atoms with Gasteiger partial charge in [-0.15, -0.1) is 0 Å². The molecule has 2 N–H and O–H groups in total. The molecule has 0 aliphatic heterocycles. The lowest BCUT2D eigenvalue weighted by Crippen LogP contribution is -2.07. The summed E-state index contributed by atoms with van der Waals surface area (Å²) in [5.41, 5.74) is 10.7. The van der Waals surface area contributed by atoms with Crippen molar-refractivity contribution in [1.82, 2.24) is 19.5 Å². The second kappa shape index (κ2) is 8.13. The molecule has 0 saturated carbocycles. The van der Waals surface area contributed by atoms with Crippen LogP contribution >= 0.6 is 11.6 Å². The highest BCUT2D eigenvalue weighted by atomic mass is 35.5. The highest BCUT2D eigenvalue weighted by molar-refractivity contribution is 6.34. The maximum Gasteiger partial charge on any atom is 0.223 e. The molecule has 0 amide bonds. The average molecular weight is 388 g/mol. The third-order valence-electron chi connectivity index (χ3n) is 4.89. The molecule has 0 bridgehead atoms. The number of methoxy groups -OCH3 is 1. The molecule has 3 rings (SSSR count). The Morgan fingerprint density at radius 1 is 1.22 bits per heavy atom. The minimum atomic E-state index is 0.179. The van der Waals surface area contributed by atoms with E-state index in [0.717, 1.165) is 52.0 Å². The number of aromatic nitrogens is 4. The Morgan fingerprint density at radius 3 is 2.70 bits per heavy atom. The predicted octanol–water partition coefficient (Wildman–Crippen LogP) is 4.47. The molecule has 0 aromatic carbocycles. The van der Waals surface area contributed by atoms with E-state index in [9.17, 15) is 0 Å². The van der Waals surface area contributed by atoms with Crippen molar-refractivity contribution in [2.24, 2.45) is 0 Å². The number of ether oxygens (including phenoxy) is 1. The van der Waals surface area contributed by atoms with E-state index < -0.39 is 0 Å². The SMILES string of the molecule is CCCCCc1cn(Cc2ncc(C)c(OC)c2C)c2nc(N)nc(Cl)c12. The molecule has 0 radical (unpaired) electrons. The first kappa shape index (κ1) is 19.4. The summed E-state index contributed by atoms with van der Waals surface area (Å²) in [7, 11) is 1.68. The maximum absolute atomic E-state index is 6.42. The number of anilines is 1. The third kappa shape index (κ3) is 3.86. The first-order chi connectivity index (χ1) is 13.0. The van der Waals surface area contributed by atoms with Gasteiger partial charge in [0.2, 0.25) is 5.95 Å². The molecule has 0 saturated heterocycles. The second-order valence-corrected chi connectivity index (χ2v) is 7.21. The normalized spacial score (nSPS) is 11.3. The summed E-state index contributed by atoms with van der Waals surface area (Å²) >= 11 is 6.42. The topological polar surface area (TPSA) is 78.8 Å². The van der Waals surface area contributed by atoms with Crippen LogP contribution in [-0.2, 0) is 13.0 Å². The van der Waals surface area contributed by atoms with Crippen molar-refractivity contribution in [3.63, 3.8) is 0 Å². The summed E-state index contributed by atoms with van der Waals surface area (Å²) in [5.74, 6) is 1.05. The highest BCUT2D eigenvalue weighted by Gasteiger charge is 2.17. The summed E-state index contributed by atoms with van der Waals surface area (Å²) in [6, 6.07) is 0. The molecule has 0 aliphatic rings. The van der Waals surface area contributed by atoms with Crippen molar-refractivity contribution in [2.75, 3.05) is 12.8 Å². The fourth-order valence-corrected chi connectivity index (χ4v) is 3.80. The van der Waals surface area contributed by atoms with Gasteiger partial charge in [0.25, 0.3) is 0 Å². The van der Waals surface area contributed by atoms with Crippen LogP contribution in [0.2, 0.25) is 5.15 Å². The van der Waals surface area contributed by atoms with Gasteiger partial charge in [-0.05, 0) is 32.3 Å². The zero-order valence-corrected chi connectivity index (χ0v) is 17.1. The van der Waals surface area contributed by atoms with E-state index in [1.807, 2.05) is 20.0 Å². The average Bonchev–Trinajstić information content (AvgIpc) is 2.96. The quantitative estimate of drug-likeness (QED) is 0.478. The Morgan fingerprint density at radius 2 is 2.00 bits per heavy atom. The molecule has 0 fully saturated rings. The number of pyridine rings is 1. The van der Waals surface area contributed by atoms with Crippen LogP contribution in [0.5, 0.6) is 5.75 Å². The molecule has 3 aromatic rings. The Balaban J connectivity index is 2.07. The van der Waals surface area contributed by atoms with Crippen LogP contribution in [0, 0.1) is 13.8 Å². The number of unbranched alkanes of at least 4 members (excludes halogenated alkanes) is 2. The summed E-state index contributed by atoms with van der Waals surface area (Å²) in [5, 5.41) is 1.30. The van der Waals surface area contributed by atoms with Gasteiger partial charge in [0, 0.05) is 23.5 Å². The van der Waals surface area contributed by atoms with Gasteiger partial charge >= 0.3 is 0 Å². The first-order valence-corrected chi connectivity index (χ1v) is 9.63. The van der Waals surface area contributed by atoms with E-state index in [-0.39, 0.29) is 5.95 Å². The minimum Gasteiger partial charge on any atom is -0.496 e. The Bertz CT molecular complexity index is 967. The molecule has 6 nitrogen and oxygen atoms in total. The number of hydrogen-bond acceptors (Lipinski definition) is 5. The number of fused-ring (bicyclic) bond motifs is 1. The third-order valence-corrected chi connectivity index (χ3v) is 5.16. The summed E-state index contributed by atoms with van der Waals surface area (Å²) in [6.45, 7) is 6.78. The van der Waals surface area contributed by atoms with E-state index in [1.165, 1.54) is 12.8 Å². The van der Waals surface area contributed by atoms with Gasteiger partial charge in [-0.1, -0.05) is 31.4 Å². The molecule has 0 unspecified atom stereocenters. The van der Waals surface area contributed by atoms with Crippen LogP contribution < -0.4 is 10.5 Å². The number of nitrogens with two attached hydrogens (primary N) is 1. The molecular formula is C20H26ClN5O. The molecule has 0 spiro atoms. The van der Waals surface area contributed by atoms with Crippen LogP contribution in [0.4, 0.5) is 5.95 Å². The standard InChI is InChI=1S/C20H26ClN5O/c1-5-6-7-8-14-10-26(19-16(14)18(21)24-20(22)25-19)11-15-13(3)17(27-4)12(2)9-23-15/h9-10H,5-8,11H2,1-4H3,(H2,22,24,25).